The number of benzene rings is 1. The molecule has 0 aliphatic heterocycles. The van der Waals surface area contributed by atoms with E-state index in [1.54, 1.807) is 0 Å². The van der Waals surface area contributed by atoms with Crippen molar-refractivity contribution in [2.45, 2.75) is 25.7 Å². The number of aromatic nitrogens is 1. The number of para-hydroxylation sites is 1. The molecule has 0 fully saturated rings. The summed E-state index contributed by atoms with van der Waals surface area (Å²) in [5.41, 5.74) is 1.83. The Morgan fingerprint density at radius 3 is 2.59 bits per heavy atom. The number of fused-ring (bicyclic) bond motifs is 1. The van der Waals surface area contributed by atoms with Gasteiger partial charge in [-0.25, -0.2) is 0 Å². The predicted octanol–water partition coefficient (Wildman–Crippen LogP) is 2.93. The molecule has 0 spiro atoms. The van der Waals surface area contributed by atoms with E-state index in [0.29, 0.717) is 0 Å². The Morgan fingerprint density at radius 1 is 1.35 bits per heavy atom. The second-order valence-electron chi connectivity index (χ2n) is 5.10. The Bertz CT molecular complexity index is 567. The number of hydrogen-bond donors (Lipinski definition) is 1. The lowest BCUT2D eigenvalue weighted by Crippen LogP contribution is -2.24. The molecule has 90 valence electrons. The highest BCUT2D eigenvalue weighted by molar-refractivity contribution is 5.82. The van der Waals surface area contributed by atoms with E-state index in [-0.39, 0.29) is 11.8 Å². The van der Waals surface area contributed by atoms with Crippen molar-refractivity contribution in [1.82, 2.24) is 4.57 Å². The molecule has 0 amide bonds. The zero-order valence-electron chi connectivity index (χ0n) is 10.4. The topological polar surface area (TPSA) is 42.2 Å². The van der Waals surface area contributed by atoms with Crippen LogP contribution in [0.2, 0.25) is 0 Å². The van der Waals surface area contributed by atoms with Gasteiger partial charge >= 0.3 is 5.97 Å². The molecule has 1 aromatic heterocycles. The lowest BCUT2D eigenvalue weighted by atomic mass is 9.85. The minimum atomic E-state index is -0.764. The molecule has 0 saturated heterocycles. The summed E-state index contributed by atoms with van der Waals surface area (Å²) in [6.07, 6.45) is 0.136. The molecule has 0 aliphatic rings. The van der Waals surface area contributed by atoms with Gasteiger partial charge in [-0.05, 0) is 17.5 Å². The molecule has 3 nitrogen and oxygen atoms in total. The number of rotatable bonds is 3. The summed E-state index contributed by atoms with van der Waals surface area (Å²) in [6, 6.07) is 10.2. The lowest BCUT2D eigenvalue weighted by molar-refractivity contribution is -0.138. The summed E-state index contributed by atoms with van der Waals surface area (Å²) in [4.78, 5) is 10.9. The third-order valence-corrected chi connectivity index (χ3v) is 3.24. The van der Waals surface area contributed by atoms with Crippen LogP contribution in [0.15, 0.2) is 30.3 Å². The van der Waals surface area contributed by atoms with Crippen molar-refractivity contribution in [2.24, 2.45) is 7.05 Å². The lowest BCUT2D eigenvalue weighted by Gasteiger charge is -2.23. The maximum Gasteiger partial charge on any atom is 0.304 e. The van der Waals surface area contributed by atoms with Crippen LogP contribution in [0.1, 0.15) is 26.0 Å². The van der Waals surface area contributed by atoms with Gasteiger partial charge in [0.1, 0.15) is 0 Å². The molecule has 0 atom stereocenters. The van der Waals surface area contributed by atoms with Gasteiger partial charge in [0.15, 0.2) is 0 Å². The third kappa shape index (κ3) is 2.05. The minimum absolute atomic E-state index is 0.136. The Balaban J connectivity index is 2.55. The second kappa shape index (κ2) is 3.91. The Hall–Kier alpha value is -1.77. The van der Waals surface area contributed by atoms with E-state index in [1.165, 1.54) is 0 Å². The largest absolute Gasteiger partial charge is 0.481 e. The number of carbonyl (C=O) groups is 1. The summed E-state index contributed by atoms with van der Waals surface area (Å²) >= 11 is 0. The number of carboxylic acids is 1. The predicted molar refractivity (Wildman–Crippen MR) is 68.2 cm³/mol. The third-order valence-electron chi connectivity index (χ3n) is 3.24. The highest BCUT2D eigenvalue weighted by Gasteiger charge is 2.27. The molecule has 17 heavy (non-hydrogen) atoms. The molecular weight excluding hydrogens is 214 g/mol. The number of nitrogens with zero attached hydrogens (tertiary/aromatic N) is 1. The number of hydrogen-bond acceptors (Lipinski definition) is 1. The Labute approximate surface area is 101 Å². The van der Waals surface area contributed by atoms with Crippen molar-refractivity contribution >= 4 is 16.9 Å². The van der Waals surface area contributed by atoms with Gasteiger partial charge in [-0.2, -0.15) is 0 Å². The zero-order valence-corrected chi connectivity index (χ0v) is 10.4. The molecule has 0 bridgehead atoms. The molecule has 2 aromatic rings. The Morgan fingerprint density at radius 2 is 2.00 bits per heavy atom. The fraction of sp³-hybridized carbons (Fsp3) is 0.357. The van der Waals surface area contributed by atoms with Gasteiger partial charge in [-0.3, -0.25) is 4.79 Å². The van der Waals surface area contributed by atoms with E-state index in [1.807, 2.05) is 33.0 Å². The van der Waals surface area contributed by atoms with Crippen LogP contribution in [0, 0.1) is 0 Å². The van der Waals surface area contributed by atoms with Crippen LogP contribution in [-0.4, -0.2) is 15.6 Å². The van der Waals surface area contributed by atoms with Crippen molar-refractivity contribution in [3.8, 4) is 0 Å². The van der Waals surface area contributed by atoms with Crippen LogP contribution < -0.4 is 0 Å². The average Bonchev–Trinajstić information content (AvgIpc) is 2.56. The highest BCUT2D eigenvalue weighted by Crippen LogP contribution is 2.31. The smallest absolute Gasteiger partial charge is 0.304 e. The van der Waals surface area contributed by atoms with Crippen LogP contribution in [0.3, 0.4) is 0 Å². The quantitative estimate of drug-likeness (QED) is 0.882. The van der Waals surface area contributed by atoms with Gasteiger partial charge in [0.2, 0.25) is 0 Å². The summed E-state index contributed by atoms with van der Waals surface area (Å²) in [5.74, 6) is -0.764. The van der Waals surface area contributed by atoms with E-state index >= 15 is 0 Å². The van der Waals surface area contributed by atoms with Crippen LogP contribution >= 0.6 is 0 Å². The normalized spacial score (nSPS) is 11.9. The summed E-state index contributed by atoms with van der Waals surface area (Å²) < 4.78 is 2.08. The molecule has 1 N–H and O–H groups in total. The molecule has 3 heteroatoms. The molecule has 0 radical (unpaired) electrons. The number of carboxylic acid groups (broad SMARTS) is 1. The fourth-order valence-corrected chi connectivity index (χ4v) is 2.41. The van der Waals surface area contributed by atoms with E-state index in [2.05, 4.69) is 22.8 Å². The molecule has 0 aliphatic carbocycles. The first kappa shape index (κ1) is 11.7. The standard InChI is InChI=1S/C14H17NO2/c1-14(2,9-13(16)17)12-8-10-6-4-5-7-11(10)15(12)3/h4-8H,9H2,1-3H3,(H,16,17). The van der Waals surface area contributed by atoms with Gasteiger partial charge in [0.25, 0.3) is 0 Å². The monoisotopic (exact) mass is 231 g/mol. The van der Waals surface area contributed by atoms with Crippen molar-refractivity contribution in [3.63, 3.8) is 0 Å². The van der Waals surface area contributed by atoms with E-state index in [0.717, 1.165) is 16.6 Å². The van der Waals surface area contributed by atoms with E-state index in [9.17, 15) is 4.79 Å². The van der Waals surface area contributed by atoms with Crippen molar-refractivity contribution in [1.29, 1.82) is 0 Å². The van der Waals surface area contributed by atoms with Crippen LogP contribution in [0.4, 0.5) is 0 Å². The van der Waals surface area contributed by atoms with Crippen LogP contribution in [-0.2, 0) is 17.3 Å². The zero-order chi connectivity index (χ0) is 12.6. The first-order chi connectivity index (χ1) is 7.92. The van der Waals surface area contributed by atoms with Gasteiger partial charge in [0, 0.05) is 23.7 Å². The first-order valence-corrected chi connectivity index (χ1v) is 5.68. The molecule has 0 unspecified atom stereocenters. The molecule has 1 aromatic carbocycles. The summed E-state index contributed by atoms with van der Waals surface area (Å²) in [7, 11) is 1.99. The van der Waals surface area contributed by atoms with Gasteiger partial charge in [-0.15, -0.1) is 0 Å². The number of aryl methyl sites for hydroxylation is 1. The van der Waals surface area contributed by atoms with Crippen molar-refractivity contribution in [3.05, 3.63) is 36.0 Å². The van der Waals surface area contributed by atoms with Gasteiger partial charge in [0.05, 0.1) is 6.42 Å². The Kier molecular flexibility index (Phi) is 2.69. The van der Waals surface area contributed by atoms with E-state index in [4.69, 9.17) is 5.11 Å². The maximum absolute atomic E-state index is 10.9. The van der Waals surface area contributed by atoms with Gasteiger partial charge in [-0.1, -0.05) is 32.0 Å². The van der Waals surface area contributed by atoms with E-state index < -0.39 is 5.97 Å². The van der Waals surface area contributed by atoms with Gasteiger partial charge < -0.3 is 9.67 Å². The summed E-state index contributed by atoms with van der Waals surface area (Å²) in [5, 5.41) is 10.1. The minimum Gasteiger partial charge on any atom is -0.481 e. The van der Waals surface area contributed by atoms with Crippen molar-refractivity contribution < 1.29 is 9.90 Å². The average molecular weight is 231 g/mol. The molecule has 1 heterocycles. The van der Waals surface area contributed by atoms with Crippen LogP contribution in [0.5, 0.6) is 0 Å². The molecule has 2 rings (SSSR count). The maximum atomic E-state index is 10.9. The molecular formula is C14H17NO2. The summed E-state index contributed by atoms with van der Waals surface area (Å²) in [6.45, 7) is 3.94. The van der Waals surface area contributed by atoms with Crippen LogP contribution in [0.25, 0.3) is 10.9 Å². The first-order valence-electron chi connectivity index (χ1n) is 5.68. The van der Waals surface area contributed by atoms with Crippen molar-refractivity contribution in [2.75, 3.05) is 0 Å². The molecule has 0 saturated carbocycles. The second-order valence-corrected chi connectivity index (χ2v) is 5.10. The SMILES string of the molecule is Cn1c(C(C)(C)CC(=O)O)cc2ccccc21. The highest BCUT2D eigenvalue weighted by atomic mass is 16.4. The fourth-order valence-electron chi connectivity index (χ4n) is 2.41. The number of aliphatic carboxylic acids is 1.